The van der Waals surface area contributed by atoms with Gasteiger partial charge in [-0.15, -0.1) is 0 Å². The highest BCUT2D eigenvalue weighted by molar-refractivity contribution is 7.88. The van der Waals surface area contributed by atoms with E-state index < -0.39 is 46.6 Å². The van der Waals surface area contributed by atoms with Crippen molar-refractivity contribution in [2.75, 3.05) is 6.26 Å². The molecule has 0 saturated carbocycles. The molecule has 0 radical (unpaired) electrons. The largest absolute Gasteiger partial charge is 0.387 e. The van der Waals surface area contributed by atoms with Crippen LogP contribution in [-0.2, 0) is 32.9 Å². The van der Waals surface area contributed by atoms with Crippen LogP contribution >= 0.6 is 23.2 Å². The van der Waals surface area contributed by atoms with Gasteiger partial charge in [0.05, 0.1) is 18.2 Å². The normalized spacial score (nSPS) is 18.3. The zero-order valence-electron chi connectivity index (χ0n) is 23.8. The predicted molar refractivity (Wildman–Crippen MR) is 158 cm³/mol. The first-order valence-corrected chi connectivity index (χ1v) is 16.3. The molecular formula is C28H33Cl2N5O7S. The van der Waals surface area contributed by atoms with Crippen LogP contribution in [0.3, 0.4) is 0 Å². The van der Waals surface area contributed by atoms with Gasteiger partial charge < -0.3 is 14.5 Å². The van der Waals surface area contributed by atoms with Crippen molar-refractivity contribution in [3.05, 3.63) is 80.9 Å². The summed E-state index contributed by atoms with van der Waals surface area (Å²) in [7, 11) is -3.64. The van der Waals surface area contributed by atoms with Crippen molar-refractivity contribution in [3.63, 3.8) is 0 Å². The number of hydroxylamine groups is 1. The van der Waals surface area contributed by atoms with Crippen LogP contribution in [0.25, 0.3) is 0 Å². The fourth-order valence-electron chi connectivity index (χ4n) is 5.38. The number of hydrogen-bond acceptors (Lipinski definition) is 9. The minimum atomic E-state index is -3.64. The van der Waals surface area contributed by atoms with E-state index in [4.69, 9.17) is 37.7 Å². The number of carbonyl (C=O) groups is 2. The highest BCUT2D eigenvalue weighted by atomic mass is 35.5. The van der Waals surface area contributed by atoms with Crippen molar-refractivity contribution in [2.24, 2.45) is 0 Å². The molecule has 12 nitrogen and oxygen atoms in total. The van der Waals surface area contributed by atoms with Crippen molar-refractivity contribution in [1.29, 1.82) is 0 Å². The fourth-order valence-corrected chi connectivity index (χ4v) is 6.73. The summed E-state index contributed by atoms with van der Waals surface area (Å²) in [5.41, 5.74) is 3.63. The lowest BCUT2D eigenvalue weighted by atomic mass is 9.77. The molecule has 0 spiro atoms. The van der Waals surface area contributed by atoms with Gasteiger partial charge in [0, 0.05) is 27.7 Å². The molecule has 43 heavy (non-hydrogen) atoms. The molecule has 0 saturated heterocycles. The van der Waals surface area contributed by atoms with Crippen LogP contribution in [0.5, 0.6) is 0 Å². The second kappa shape index (κ2) is 14.1. The Hall–Kier alpha value is -3.07. The van der Waals surface area contributed by atoms with Gasteiger partial charge in [-0.2, -0.15) is 4.98 Å². The van der Waals surface area contributed by atoms with E-state index in [9.17, 15) is 18.0 Å². The molecule has 1 aromatic heterocycles. The van der Waals surface area contributed by atoms with Crippen molar-refractivity contribution in [3.8, 4) is 0 Å². The summed E-state index contributed by atoms with van der Waals surface area (Å²) >= 11 is 12.9. The molecule has 232 valence electrons. The maximum atomic E-state index is 14.3. The molecule has 4 rings (SSSR count). The van der Waals surface area contributed by atoms with Gasteiger partial charge in [0.15, 0.2) is 5.82 Å². The number of fused-ring (bicyclic) bond motifs is 1. The quantitative estimate of drug-likeness (QED) is 0.232. The summed E-state index contributed by atoms with van der Waals surface area (Å²) in [4.78, 5) is 39.2. The number of hydrogen-bond donors (Lipinski definition) is 3. The van der Waals surface area contributed by atoms with E-state index in [0.29, 0.717) is 34.6 Å². The Morgan fingerprint density at radius 2 is 1.95 bits per heavy atom. The van der Waals surface area contributed by atoms with Crippen LogP contribution in [-0.4, -0.2) is 58.7 Å². The fraction of sp³-hybridized carbons (Fsp3) is 0.429. The summed E-state index contributed by atoms with van der Waals surface area (Å²) in [6.07, 6.45) is 2.99. The Bertz CT molecular complexity index is 1570. The molecule has 0 unspecified atom stereocenters. The maximum Gasteiger partial charge on any atom is 0.255 e. The zero-order valence-corrected chi connectivity index (χ0v) is 26.1. The Balaban J connectivity index is 1.82. The zero-order chi connectivity index (χ0) is 31.3. The van der Waals surface area contributed by atoms with Gasteiger partial charge in [0.25, 0.3) is 17.7 Å². The second-order valence-corrected chi connectivity index (χ2v) is 12.9. The number of aliphatic hydroxyl groups excluding tert-OH is 1. The SMILES string of the molecule is CCCC[C@@H]([C@H](C)NS(C)(=O)=O)N1C(=O)c2ccccc2[C@@H](C(=O)NOCc2noc(CO)n2)[C@@H]1c1ccc(Cl)cc1Cl. The van der Waals surface area contributed by atoms with Gasteiger partial charge in [-0.05, 0) is 42.7 Å². The number of sulfonamides is 1. The third-order valence-electron chi connectivity index (χ3n) is 7.15. The number of benzene rings is 2. The third kappa shape index (κ3) is 7.72. The Morgan fingerprint density at radius 1 is 1.21 bits per heavy atom. The van der Waals surface area contributed by atoms with Gasteiger partial charge in [0.1, 0.15) is 13.2 Å². The molecule has 4 atom stereocenters. The number of aromatic nitrogens is 2. The summed E-state index contributed by atoms with van der Waals surface area (Å²) in [5.74, 6) is -1.90. The maximum absolute atomic E-state index is 14.3. The Morgan fingerprint density at radius 3 is 2.60 bits per heavy atom. The summed E-state index contributed by atoms with van der Waals surface area (Å²) in [6.45, 7) is 2.98. The molecule has 1 aliphatic heterocycles. The molecule has 3 aromatic rings. The van der Waals surface area contributed by atoms with Crippen LogP contribution in [0.2, 0.25) is 10.0 Å². The number of unbranched alkanes of at least 4 members (excludes halogenated alkanes) is 1. The Labute approximate surface area is 259 Å². The van der Waals surface area contributed by atoms with Gasteiger partial charge >= 0.3 is 0 Å². The highest BCUT2D eigenvalue weighted by Gasteiger charge is 2.48. The number of amides is 2. The summed E-state index contributed by atoms with van der Waals surface area (Å²) < 4.78 is 32.1. The minimum Gasteiger partial charge on any atom is -0.387 e. The van der Waals surface area contributed by atoms with E-state index in [1.54, 1.807) is 48.2 Å². The monoisotopic (exact) mass is 653 g/mol. The van der Waals surface area contributed by atoms with Gasteiger partial charge in [-0.1, -0.05) is 72.4 Å². The number of rotatable bonds is 13. The second-order valence-electron chi connectivity index (χ2n) is 10.3. The number of nitrogens with one attached hydrogen (secondary N) is 2. The van der Waals surface area contributed by atoms with E-state index in [1.165, 1.54) is 6.07 Å². The number of nitrogens with zero attached hydrogens (tertiary/aromatic N) is 3. The smallest absolute Gasteiger partial charge is 0.255 e. The minimum absolute atomic E-state index is 0.00678. The molecule has 3 N–H and O–H groups in total. The molecule has 0 fully saturated rings. The molecule has 15 heteroatoms. The lowest BCUT2D eigenvalue weighted by molar-refractivity contribution is -0.138. The van der Waals surface area contributed by atoms with Crippen molar-refractivity contribution < 1.29 is 32.5 Å². The van der Waals surface area contributed by atoms with E-state index in [1.807, 2.05) is 6.92 Å². The van der Waals surface area contributed by atoms with Gasteiger partial charge in [0.2, 0.25) is 10.0 Å². The van der Waals surface area contributed by atoms with E-state index in [-0.39, 0.29) is 29.3 Å². The first kappa shape index (κ1) is 32.8. The lowest BCUT2D eigenvalue weighted by Crippen LogP contribution is -2.57. The highest BCUT2D eigenvalue weighted by Crippen LogP contribution is 2.47. The predicted octanol–water partition coefficient (Wildman–Crippen LogP) is 3.89. The molecule has 1 aliphatic rings. The number of aliphatic hydroxyl groups is 1. The first-order valence-electron chi connectivity index (χ1n) is 13.6. The first-order chi connectivity index (χ1) is 20.4. The topological polar surface area (TPSA) is 164 Å². The summed E-state index contributed by atoms with van der Waals surface area (Å²) in [6, 6.07) is 9.23. The van der Waals surface area contributed by atoms with E-state index in [0.717, 1.165) is 12.7 Å². The lowest BCUT2D eigenvalue weighted by Gasteiger charge is -2.47. The molecule has 2 aromatic carbocycles. The van der Waals surface area contributed by atoms with Crippen LogP contribution in [0.15, 0.2) is 47.0 Å². The van der Waals surface area contributed by atoms with Crippen LogP contribution in [0.4, 0.5) is 0 Å². The number of halogens is 2. The summed E-state index contributed by atoms with van der Waals surface area (Å²) in [5, 5.41) is 13.4. The van der Waals surface area contributed by atoms with Crippen LogP contribution in [0, 0.1) is 0 Å². The van der Waals surface area contributed by atoms with E-state index >= 15 is 0 Å². The molecule has 2 heterocycles. The van der Waals surface area contributed by atoms with Crippen LogP contribution in [0.1, 0.15) is 78.3 Å². The molecule has 0 aliphatic carbocycles. The van der Waals surface area contributed by atoms with Crippen molar-refractivity contribution >= 4 is 45.0 Å². The number of carbonyl (C=O) groups excluding carboxylic acids is 2. The van der Waals surface area contributed by atoms with E-state index in [2.05, 4.69) is 20.3 Å². The van der Waals surface area contributed by atoms with Crippen molar-refractivity contribution in [2.45, 2.75) is 70.4 Å². The molecule has 0 bridgehead atoms. The average molecular weight is 655 g/mol. The molecule has 2 amide bonds. The standard InChI is InChI=1S/C28H33Cl2N5O7S/c1-4-5-10-22(16(2)34-43(3,39)40)35-26(20-12-11-17(29)13-21(20)30)25(18-8-6-7-9-19(18)28(35)38)27(37)33-41-15-23-31-24(14-36)42-32-23/h6-9,11-13,16,22,25-26,34,36H,4-5,10,14-15H2,1-3H3,(H,33,37)/t16-,22-,25+,26-/m0/s1. The van der Waals surface area contributed by atoms with Crippen molar-refractivity contribution in [1.82, 2.24) is 25.2 Å². The molecular weight excluding hydrogens is 621 g/mol. The Kier molecular flexibility index (Phi) is 10.8. The third-order valence-corrected chi connectivity index (χ3v) is 8.51. The van der Waals surface area contributed by atoms with Gasteiger partial charge in [-0.25, -0.2) is 18.6 Å². The van der Waals surface area contributed by atoms with Gasteiger partial charge in [-0.3, -0.25) is 14.4 Å². The van der Waals surface area contributed by atoms with Crippen LogP contribution < -0.4 is 10.2 Å². The average Bonchev–Trinajstić information content (AvgIpc) is 3.41.